The third kappa shape index (κ3) is 3.36. The molecule has 0 bridgehead atoms. The molecule has 6 nitrogen and oxygen atoms in total. The van der Waals surface area contributed by atoms with Crippen LogP contribution in [0.25, 0.3) is 0 Å². The highest BCUT2D eigenvalue weighted by atomic mass is 32.1. The fourth-order valence-corrected chi connectivity index (χ4v) is 5.91. The zero-order chi connectivity index (χ0) is 20.7. The van der Waals surface area contributed by atoms with E-state index in [-0.39, 0.29) is 17.2 Å². The number of piperidine rings is 1. The summed E-state index contributed by atoms with van der Waals surface area (Å²) in [5.41, 5.74) is 2.18. The van der Waals surface area contributed by atoms with Gasteiger partial charge in [0.1, 0.15) is 0 Å². The van der Waals surface area contributed by atoms with Gasteiger partial charge >= 0.3 is 0 Å². The molecule has 30 heavy (non-hydrogen) atoms. The van der Waals surface area contributed by atoms with Crippen molar-refractivity contribution in [1.82, 2.24) is 20.0 Å². The standard InChI is InChI=1S/C23H26N4O2S/c1-16-8-11-30-20(16)21(28)27-10-9-23(22-25-24-17(2)29-22)15-26(13-19(23)14-27)12-18-6-4-3-5-7-18/h3-8,11,19H,9-10,12-15H2,1-2H3/t19-,23+/m1/s1. The van der Waals surface area contributed by atoms with Gasteiger partial charge in [0.15, 0.2) is 0 Å². The molecule has 1 aromatic carbocycles. The Morgan fingerprint density at radius 2 is 2.03 bits per heavy atom. The van der Waals surface area contributed by atoms with Crippen molar-refractivity contribution in [3.8, 4) is 0 Å². The molecule has 2 fully saturated rings. The van der Waals surface area contributed by atoms with Crippen molar-refractivity contribution in [2.75, 3.05) is 26.2 Å². The molecule has 7 heteroatoms. The molecule has 0 spiro atoms. The van der Waals surface area contributed by atoms with Gasteiger partial charge < -0.3 is 9.32 Å². The molecule has 5 rings (SSSR count). The SMILES string of the molecule is Cc1nnc([C@]23CCN(C(=O)c4sccc4C)C[C@H]2CN(Cc2ccccc2)C3)o1. The molecule has 0 unspecified atom stereocenters. The second-order valence-corrected chi connectivity index (χ2v) is 9.48. The van der Waals surface area contributed by atoms with Crippen LogP contribution < -0.4 is 0 Å². The van der Waals surface area contributed by atoms with Crippen LogP contribution >= 0.6 is 11.3 Å². The number of nitrogens with zero attached hydrogens (tertiary/aromatic N) is 4. The Balaban J connectivity index is 1.41. The molecule has 4 heterocycles. The number of fused-ring (bicyclic) bond motifs is 1. The molecule has 2 aliphatic rings. The maximum Gasteiger partial charge on any atom is 0.264 e. The van der Waals surface area contributed by atoms with Crippen LogP contribution in [-0.4, -0.2) is 52.1 Å². The van der Waals surface area contributed by atoms with Crippen molar-refractivity contribution in [1.29, 1.82) is 0 Å². The smallest absolute Gasteiger partial charge is 0.264 e. The minimum atomic E-state index is -0.183. The Hall–Kier alpha value is -2.51. The topological polar surface area (TPSA) is 62.5 Å². The van der Waals surface area contributed by atoms with Crippen LogP contribution in [0.1, 0.15) is 39.0 Å². The van der Waals surface area contributed by atoms with Crippen LogP contribution in [0, 0.1) is 19.8 Å². The van der Waals surface area contributed by atoms with Gasteiger partial charge in [-0.1, -0.05) is 30.3 Å². The normalized spacial score (nSPS) is 24.2. The number of aryl methyl sites for hydroxylation is 2. The van der Waals surface area contributed by atoms with Crippen molar-refractivity contribution >= 4 is 17.2 Å². The third-order valence-electron chi connectivity index (χ3n) is 6.58. The zero-order valence-corrected chi connectivity index (χ0v) is 18.2. The van der Waals surface area contributed by atoms with Gasteiger partial charge in [-0.25, -0.2) is 0 Å². The molecule has 2 aliphatic heterocycles. The van der Waals surface area contributed by atoms with Crippen LogP contribution in [0.5, 0.6) is 0 Å². The summed E-state index contributed by atoms with van der Waals surface area (Å²) in [7, 11) is 0. The van der Waals surface area contributed by atoms with E-state index in [9.17, 15) is 4.79 Å². The van der Waals surface area contributed by atoms with Gasteiger partial charge in [0.25, 0.3) is 5.91 Å². The van der Waals surface area contributed by atoms with Gasteiger partial charge in [-0.05, 0) is 35.9 Å². The third-order valence-corrected chi connectivity index (χ3v) is 7.58. The van der Waals surface area contributed by atoms with E-state index in [2.05, 4.69) is 39.4 Å². The molecular weight excluding hydrogens is 396 g/mol. The number of carbonyl (C=O) groups excluding carboxylic acids is 1. The summed E-state index contributed by atoms with van der Waals surface area (Å²) in [6, 6.07) is 12.6. The van der Waals surface area contributed by atoms with Crippen molar-refractivity contribution in [2.24, 2.45) is 5.92 Å². The highest BCUT2D eigenvalue weighted by Gasteiger charge is 2.54. The summed E-state index contributed by atoms with van der Waals surface area (Å²) in [4.78, 5) is 18.5. The fraction of sp³-hybridized carbons (Fsp3) is 0.435. The van der Waals surface area contributed by atoms with Crippen molar-refractivity contribution in [2.45, 2.75) is 32.2 Å². The molecular formula is C23H26N4O2S. The van der Waals surface area contributed by atoms with Crippen molar-refractivity contribution in [3.05, 3.63) is 69.6 Å². The van der Waals surface area contributed by atoms with Crippen molar-refractivity contribution in [3.63, 3.8) is 0 Å². The lowest BCUT2D eigenvalue weighted by molar-refractivity contribution is 0.0572. The van der Waals surface area contributed by atoms with E-state index in [1.807, 2.05) is 36.3 Å². The number of thiophene rings is 1. The molecule has 0 radical (unpaired) electrons. The van der Waals surface area contributed by atoms with E-state index in [1.165, 1.54) is 16.9 Å². The summed E-state index contributed by atoms with van der Waals surface area (Å²) in [6.45, 7) is 7.99. The van der Waals surface area contributed by atoms with Crippen LogP contribution in [0.15, 0.2) is 46.2 Å². The van der Waals surface area contributed by atoms with Crippen LogP contribution in [-0.2, 0) is 12.0 Å². The van der Waals surface area contributed by atoms with Gasteiger partial charge in [-0.2, -0.15) is 0 Å². The molecule has 0 N–H and O–H groups in total. The molecule has 0 saturated carbocycles. The fourth-order valence-electron chi connectivity index (χ4n) is 5.02. The summed E-state index contributed by atoms with van der Waals surface area (Å²) in [6.07, 6.45) is 0.848. The van der Waals surface area contributed by atoms with Gasteiger partial charge in [-0.15, -0.1) is 21.5 Å². The van der Waals surface area contributed by atoms with Crippen LogP contribution in [0.2, 0.25) is 0 Å². The Bertz CT molecular complexity index is 1050. The van der Waals surface area contributed by atoms with Crippen LogP contribution in [0.4, 0.5) is 0 Å². The highest BCUT2D eigenvalue weighted by molar-refractivity contribution is 7.12. The lowest BCUT2D eigenvalue weighted by atomic mass is 9.72. The summed E-state index contributed by atoms with van der Waals surface area (Å²) < 4.78 is 5.96. The van der Waals surface area contributed by atoms with E-state index in [4.69, 9.17) is 4.42 Å². The highest BCUT2D eigenvalue weighted by Crippen LogP contribution is 2.45. The first kappa shape index (κ1) is 19.5. The van der Waals surface area contributed by atoms with Gasteiger partial charge in [0, 0.05) is 45.6 Å². The van der Waals surface area contributed by atoms with Gasteiger partial charge in [-0.3, -0.25) is 9.69 Å². The van der Waals surface area contributed by atoms with Crippen LogP contribution in [0.3, 0.4) is 0 Å². The van der Waals surface area contributed by atoms with E-state index >= 15 is 0 Å². The molecule has 2 aromatic heterocycles. The quantitative estimate of drug-likeness (QED) is 0.642. The largest absolute Gasteiger partial charge is 0.425 e. The van der Waals surface area contributed by atoms with E-state index in [0.29, 0.717) is 12.4 Å². The zero-order valence-electron chi connectivity index (χ0n) is 17.4. The lowest BCUT2D eigenvalue weighted by Gasteiger charge is -2.41. The Morgan fingerprint density at radius 3 is 2.73 bits per heavy atom. The number of amides is 1. The first-order valence-corrected chi connectivity index (χ1v) is 11.3. The Morgan fingerprint density at radius 1 is 1.20 bits per heavy atom. The number of likely N-dealkylation sites (tertiary alicyclic amines) is 2. The average Bonchev–Trinajstić information content (AvgIpc) is 3.46. The minimum absolute atomic E-state index is 0.152. The Kier molecular flexibility index (Phi) is 4.95. The molecule has 2 saturated heterocycles. The predicted octanol–water partition coefficient (Wildman–Crippen LogP) is 3.66. The number of benzene rings is 1. The number of carbonyl (C=O) groups is 1. The summed E-state index contributed by atoms with van der Waals surface area (Å²) >= 11 is 1.54. The predicted molar refractivity (Wildman–Crippen MR) is 115 cm³/mol. The molecule has 156 valence electrons. The summed E-state index contributed by atoms with van der Waals surface area (Å²) in [5.74, 6) is 1.77. The maximum atomic E-state index is 13.2. The number of aromatic nitrogens is 2. The average molecular weight is 423 g/mol. The van der Waals surface area contributed by atoms with Gasteiger partial charge in [0.2, 0.25) is 11.8 Å². The molecule has 3 aromatic rings. The lowest BCUT2D eigenvalue weighted by Crippen LogP contribution is -2.51. The molecule has 2 atom stereocenters. The van der Waals surface area contributed by atoms with Gasteiger partial charge in [0.05, 0.1) is 10.3 Å². The first-order chi connectivity index (χ1) is 14.5. The number of hydrogen-bond acceptors (Lipinski definition) is 6. The maximum absolute atomic E-state index is 13.2. The van der Waals surface area contributed by atoms with Crippen molar-refractivity contribution < 1.29 is 9.21 Å². The molecule has 1 amide bonds. The van der Waals surface area contributed by atoms with E-state index < -0.39 is 0 Å². The Labute approximate surface area is 180 Å². The number of rotatable bonds is 4. The van der Waals surface area contributed by atoms with E-state index in [1.54, 1.807) is 0 Å². The first-order valence-electron chi connectivity index (χ1n) is 10.5. The second-order valence-electron chi connectivity index (χ2n) is 8.57. The minimum Gasteiger partial charge on any atom is -0.425 e. The monoisotopic (exact) mass is 422 g/mol. The second kappa shape index (κ2) is 7.63. The number of hydrogen-bond donors (Lipinski definition) is 0. The molecule has 0 aliphatic carbocycles. The van der Waals surface area contributed by atoms with E-state index in [0.717, 1.165) is 48.9 Å². The summed E-state index contributed by atoms with van der Waals surface area (Å²) in [5, 5.41) is 10.5.